The lowest BCUT2D eigenvalue weighted by Gasteiger charge is -2.23. The fraction of sp³-hybridized carbons (Fsp3) is 0.257. The molecule has 11 heteroatoms. The smallest absolute Gasteiger partial charge is 0.338 e. The Morgan fingerprint density at radius 3 is 2.33 bits per heavy atom. The van der Waals surface area contributed by atoms with Crippen molar-refractivity contribution in [3.05, 3.63) is 120 Å². The van der Waals surface area contributed by atoms with E-state index in [9.17, 15) is 14.4 Å². The van der Waals surface area contributed by atoms with E-state index in [1.807, 2.05) is 50.2 Å². The quantitative estimate of drug-likeness (QED) is 0.207. The Hall–Kier alpha value is -5.16. The van der Waals surface area contributed by atoms with Gasteiger partial charge >= 0.3 is 11.9 Å². The molecule has 1 atom stereocenters. The standard InChI is InChI=1S/C35H34N2O8S/c1-5-42-28-17-16-25(18-29(28)43-6-2)31-26(34(40)41-4)20-36-35-37(31)32(38)30(46-35)19-24-10-8-9-11-27(24)45-21-22-12-14-23(15-13-22)33(39)44-7-3/h8-20,31H,5-7,21H2,1-4H3/b30-19+/t31-/m1/s1. The molecule has 0 spiro atoms. The number of fused-ring (bicyclic) bond motifs is 1. The highest BCUT2D eigenvalue weighted by molar-refractivity contribution is 7.07. The van der Waals surface area contributed by atoms with E-state index in [2.05, 4.69) is 4.99 Å². The van der Waals surface area contributed by atoms with E-state index in [1.54, 1.807) is 43.3 Å². The molecule has 5 rings (SSSR count). The van der Waals surface area contributed by atoms with Crippen LogP contribution in [0, 0.1) is 0 Å². The minimum Gasteiger partial charge on any atom is -0.490 e. The second kappa shape index (κ2) is 14.7. The number of hydrogen-bond donors (Lipinski definition) is 0. The number of carbonyl (C=O) groups excluding carboxylic acids is 2. The third-order valence-electron chi connectivity index (χ3n) is 7.07. The van der Waals surface area contributed by atoms with E-state index in [4.69, 9.17) is 23.7 Å². The number of ether oxygens (including phenoxy) is 5. The van der Waals surface area contributed by atoms with Crippen LogP contribution in [0.2, 0.25) is 0 Å². The molecule has 0 saturated carbocycles. The predicted molar refractivity (Wildman–Crippen MR) is 173 cm³/mol. The summed E-state index contributed by atoms with van der Waals surface area (Å²) in [5.41, 5.74) is 2.56. The molecule has 0 aliphatic carbocycles. The van der Waals surface area contributed by atoms with E-state index in [0.29, 0.717) is 63.1 Å². The molecule has 0 fully saturated rings. The lowest BCUT2D eigenvalue weighted by Crippen LogP contribution is -2.39. The second-order valence-corrected chi connectivity index (χ2v) is 11.0. The summed E-state index contributed by atoms with van der Waals surface area (Å²) in [7, 11) is 1.29. The van der Waals surface area contributed by atoms with Gasteiger partial charge in [0.1, 0.15) is 12.4 Å². The lowest BCUT2D eigenvalue weighted by molar-refractivity contribution is -0.136. The molecule has 0 radical (unpaired) electrons. The Kier molecular flexibility index (Phi) is 10.3. The van der Waals surface area contributed by atoms with Gasteiger partial charge in [-0.25, -0.2) is 14.6 Å². The molecular weight excluding hydrogens is 608 g/mol. The van der Waals surface area contributed by atoms with Gasteiger partial charge in [0, 0.05) is 11.8 Å². The van der Waals surface area contributed by atoms with Crippen molar-refractivity contribution in [2.24, 2.45) is 4.99 Å². The number of para-hydroxylation sites is 1. The molecule has 4 aromatic rings. The normalized spacial score (nSPS) is 14.0. The molecule has 1 aromatic heterocycles. The highest BCUT2D eigenvalue weighted by Gasteiger charge is 2.31. The summed E-state index contributed by atoms with van der Waals surface area (Å²) >= 11 is 1.21. The fourth-order valence-corrected chi connectivity index (χ4v) is 5.93. The van der Waals surface area contributed by atoms with Crippen LogP contribution in [0.3, 0.4) is 0 Å². The molecular formula is C35H34N2O8S. The number of esters is 2. The van der Waals surface area contributed by atoms with Crippen LogP contribution in [-0.2, 0) is 20.9 Å². The summed E-state index contributed by atoms with van der Waals surface area (Å²) in [4.78, 5) is 43.8. The molecule has 10 nitrogen and oxygen atoms in total. The number of thiazole rings is 1. The largest absolute Gasteiger partial charge is 0.490 e. The molecule has 3 aromatic carbocycles. The number of hydrogen-bond acceptors (Lipinski definition) is 10. The SMILES string of the molecule is CCOC(=O)c1ccc(COc2ccccc2/C=c2/sc3n(c2=O)[C@H](c2ccc(OCC)c(OCC)c2)C(C(=O)OC)=CN=3)cc1. The van der Waals surface area contributed by atoms with Crippen LogP contribution in [0.4, 0.5) is 0 Å². The number of methoxy groups -OCH3 is 1. The Morgan fingerprint density at radius 1 is 0.870 bits per heavy atom. The molecule has 0 N–H and O–H groups in total. The first kappa shape index (κ1) is 32.2. The minimum absolute atomic E-state index is 0.214. The van der Waals surface area contributed by atoms with Crippen LogP contribution in [-0.4, -0.2) is 43.4 Å². The van der Waals surface area contributed by atoms with Crippen molar-refractivity contribution in [3.63, 3.8) is 0 Å². The van der Waals surface area contributed by atoms with Crippen LogP contribution in [0.1, 0.15) is 53.9 Å². The van der Waals surface area contributed by atoms with Crippen LogP contribution in [0.25, 0.3) is 6.08 Å². The first-order chi connectivity index (χ1) is 22.4. The lowest BCUT2D eigenvalue weighted by atomic mass is 9.97. The zero-order chi connectivity index (χ0) is 32.6. The number of nitrogens with zero attached hydrogens (tertiary/aromatic N) is 2. The van der Waals surface area contributed by atoms with E-state index in [1.165, 1.54) is 29.2 Å². The molecule has 238 valence electrons. The highest BCUT2D eigenvalue weighted by atomic mass is 32.1. The Morgan fingerprint density at radius 2 is 1.61 bits per heavy atom. The summed E-state index contributed by atoms with van der Waals surface area (Å²) < 4.78 is 29.7. The number of rotatable bonds is 12. The molecule has 46 heavy (non-hydrogen) atoms. The first-order valence-electron chi connectivity index (χ1n) is 14.8. The van der Waals surface area contributed by atoms with Crippen molar-refractivity contribution in [1.29, 1.82) is 0 Å². The first-order valence-corrected chi connectivity index (χ1v) is 15.7. The van der Waals surface area contributed by atoms with Crippen molar-refractivity contribution in [2.75, 3.05) is 26.9 Å². The Labute approximate surface area is 269 Å². The van der Waals surface area contributed by atoms with Crippen molar-refractivity contribution >= 4 is 29.4 Å². The van der Waals surface area contributed by atoms with Gasteiger partial charge < -0.3 is 23.7 Å². The van der Waals surface area contributed by atoms with Gasteiger partial charge in [0.05, 0.1) is 48.6 Å². The topological polar surface area (TPSA) is 115 Å². The molecule has 0 bridgehead atoms. The van der Waals surface area contributed by atoms with Crippen LogP contribution < -0.4 is 29.1 Å². The average Bonchev–Trinajstić information content (AvgIpc) is 3.39. The van der Waals surface area contributed by atoms with Gasteiger partial charge in [-0.15, -0.1) is 0 Å². The maximum Gasteiger partial charge on any atom is 0.338 e. The van der Waals surface area contributed by atoms with Crippen LogP contribution in [0.15, 0.2) is 88.3 Å². The zero-order valence-corrected chi connectivity index (χ0v) is 26.8. The Bertz CT molecular complexity index is 1940. The maximum absolute atomic E-state index is 14.0. The minimum atomic E-state index is -0.801. The van der Waals surface area contributed by atoms with E-state index in [-0.39, 0.29) is 23.7 Å². The summed E-state index contributed by atoms with van der Waals surface area (Å²) in [5.74, 6) is 0.675. The third kappa shape index (κ3) is 6.89. The predicted octanol–water partition coefficient (Wildman–Crippen LogP) is 4.57. The number of benzene rings is 3. The average molecular weight is 643 g/mol. The maximum atomic E-state index is 14.0. The summed E-state index contributed by atoms with van der Waals surface area (Å²) in [6.07, 6.45) is 3.21. The Balaban J connectivity index is 1.50. The van der Waals surface area contributed by atoms with Gasteiger partial charge in [0.15, 0.2) is 16.3 Å². The van der Waals surface area contributed by atoms with E-state index < -0.39 is 12.0 Å². The van der Waals surface area contributed by atoms with Gasteiger partial charge in [0.25, 0.3) is 5.56 Å². The van der Waals surface area contributed by atoms with Gasteiger partial charge in [-0.1, -0.05) is 47.7 Å². The van der Waals surface area contributed by atoms with Crippen molar-refractivity contribution < 1.29 is 33.3 Å². The van der Waals surface area contributed by atoms with Crippen LogP contribution in [0.5, 0.6) is 17.2 Å². The molecule has 2 heterocycles. The molecule has 0 unspecified atom stereocenters. The van der Waals surface area contributed by atoms with Crippen molar-refractivity contribution in [1.82, 2.24) is 4.57 Å². The van der Waals surface area contributed by atoms with Crippen LogP contribution >= 0.6 is 11.3 Å². The number of carbonyl (C=O) groups is 2. The fourth-order valence-electron chi connectivity index (χ4n) is 4.97. The van der Waals surface area contributed by atoms with Gasteiger partial charge in [-0.2, -0.15) is 0 Å². The zero-order valence-electron chi connectivity index (χ0n) is 26.0. The van der Waals surface area contributed by atoms with Crippen molar-refractivity contribution in [2.45, 2.75) is 33.4 Å². The van der Waals surface area contributed by atoms with Gasteiger partial charge in [-0.3, -0.25) is 9.36 Å². The molecule has 0 amide bonds. The van der Waals surface area contributed by atoms with Crippen molar-refractivity contribution in [3.8, 4) is 17.2 Å². The summed E-state index contributed by atoms with van der Waals surface area (Å²) in [5, 5.41) is 0. The highest BCUT2D eigenvalue weighted by Crippen LogP contribution is 2.35. The van der Waals surface area contributed by atoms with E-state index in [0.717, 1.165) is 5.56 Å². The third-order valence-corrected chi connectivity index (χ3v) is 8.07. The van der Waals surface area contributed by atoms with Gasteiger partial charge in [-0.05, 0) is 68.3 Å². The van der Waals surface area contributed by atoms with E-state index >= 15 is 0 Å². The monoisotopic (exact) mass is 642 g/mol. The second-order valence-electron chi connectivity index (χ2n) is 9.99. The molecule has 0 saturated heterocycles. The summed E-state index contributed by atoms with van der Waals surface area (Å²) in [6, 6.07) is 19.0. The summed E-state index contributed by atoms with van der Waals surface area (Å²) in [6.45, 7) is 6.93. The number of aromatic nitrogens is 1. The molecule has 1 aliphatic heterocycles. The molecule has 1 aliphatic rings. The van der Waals surface area contributed by atoms with Gasteiger partial charge in [0.2, 0.25) is 0 Å².